The average molecular weight is 493 g/mol. The van der Waals surface area contributed by atoms with Crippen LogP contribution in [0.2, 0.25) is 5.02 Å². The molecule has 140 valence electrons. The van der Waals surface area contributed by atoms with Gasteiger partial charge in [0.05, 0.1) is 28.1 Å². The molecule has 2 aromatic rings. The first kappa shape index (κ1) is 20.9. The molecule has 0 aliphatic rings. The normalized spacial score (nSPS) is 11.9. The monoisotopic (exact) mass is 492 g/mol. The number of carbonyl (C=O) groups excluding carboxylic acids is 1. The molecular weight excluding hydrogens is 474 g/mol. The van der Waals surface area contributed by atoms with Gasteiger partial charge in [-0.3, -0.25) is 9.63 Å². The molecule has 5 nitrogen and oxygen atoms in total. The van der Waals surface area contributed by atoms with Gasteiger partial charge < -0.3 is 10.4 Å². The third kappa shape index (κ3) is 6.08. The minimum Gasteiger partial charge on any atom is -0.391 e. The summed E-state index contributed by atoms with van der Waals surface area (Å²) < 4.78 is 14.6. The predicted molar refractivity (Wildman–Crippen MR) is 108 cm³/mol. The van der Waals surface area contributed by atoms with Crippen LogP contribution in [0.5, 0.6) is 0 Å². The van der Waals surface area contributed by atoms with Crippen LogP contribution in [0.1, 0.15) is 30.1 Å². The van der Waals surface area contributed by atoms with Crippen LogP contribution < -0.4 is 10.8 Å². The molecule has 0 aliphatic carbocycles. The summed E-state index contributed by atoms with van der Waals surface area (Å²) in [6.45, 7) is 1.92. The summed E-state index contributed by atoms with van der Waals surface area (Å²) in [6.07, 6.45) is 0.725. The van der Waals surface area contributed by atoms with Crippen LogP contribution >= 0.6 is 34.2 Å². The van der Waals surface area contributed by atoms with E-state index >= 15 is 0 Å². The second-order valence-electron chi connectivity index (χ2n) is 5.62. The molecule has 0 spiro atoms. The van der Waals surface area contributed by atoms with Crippen LogP contribution in [0.3, 0.4) is 0 Å². The smallest absolute Gasteiger partial charge is 0.276 e. The molecule has 0 bridgehead atoms. The fourth-order valence-electron chi connectivity index (χ4n) is 2.23. The number of hydroxylamine groups is 1. The first-order valence-corrected chi connectivity index (χ1v) is 9.48. The van der Waals surface area contributed by atoms with Crippen molar-refractivity contribution in [2.75, 3.05) is 11.9 Å². The highest BCUT2D eigenvalue weighted by molar-refractivity contribution is 14.1. The topological polar surface area (TPSA) is 70.6 Å². The Morgan fingerprint density at radius 3 is 2.77 bits per heavy atom. The van der Waals surface area contributed by atoms with E-state index in [0.29, 0.717) is 17.1 Å². The summed E-state index contributed by atoms with van der Waals surface area (Å²) in [7, 11) is 0. The van der Waals surface area contributed by atoms with Crippen molar-refractivity contribution in [2.24, 2.45) is 0 Å². The maximum absolute atomic E-state index is 13.7. The van der Waals surface area contributed by atoms with Crippen molar-refractivity contribution in [3.8, 4) is 0 Å². The van der Waals surface area contributed by atoms with E-state index in [4.69, 9.17) is 16.4 Å². The van der Waals surface area contributed by atoms with Crippen molar-refractivity contribution in [1.29, 1.82) is 0 Å². The van der Waals surface area contributed by atoms with Crippen LogP contribution in [0.4, 0.5) is 15.8 Å². The molecular formula is C18H19ClFIN2O3. The predicted octanol–water partition coefficient (Wildman–Crippen LogP) is 4.65. The maximum atomic E-state index is 13.7. The Hall–Kier alpha value is -1.42. The number of anilines is 2. The second kappa shape index (κ2) is 10.1. The first-order valence-electron chi connectivity index (χ1n) is 8.02. The molecule has 0 heterocycles. The van der Waals surface area contributed by atoms with Crippen molar-refractivity contribution in [1.82, 2.24) is 5.48 Å². The zero-order chi connectivity index (χ0) is 19.1. The number of nitrogens with one attached hydrogen (secondary N) is 2. The van der Waals surface area contributed by atoms with Crippen molar-refractivity contribution in [3.63, 3.8) is 0 Å². The zero-order valence-corrected chi connectivity index (χ0v) is 17.0. The van der Waals surface area contributed by atoms with Gasteiger partial charge in [0.2, 0.25) is 0 Å². The van der Waals surface area contributed by atoms with E-state index in [9.17, 15) is 14.3 Å². The molecule has 2 aromatic carbocycles. The molecule has 0 aliphatic heterocycles. The minimum absolute atomic E-state index is 0.0213. The van der Waals surface area contributed by atoms with E-state index in [0.717, 1.165) is 9.99 Å². The number of aliphatic hydroxyl groups excluding tert-OH is 1. The van der Waals surface area contributed by atoms with E-state index in [1.54, 1.807) is 12.1 Å². The molecule has 1 unspecified atom stereocenters. The summed E-state index contributed by atoms with van der Waals surface area (Å²) >= 11 is 8.31. The van der Waals surface area contributed by atoms with Crippen LogP contribution in [0.25, 0.3) is 0 Å². The average Bonchev–Trinajstić information content (AvgIpc) is 2.57. The lowest BCUT2D eigenvalue weighted by atomic mass is 10.1. The van der Waals surface area contributed by atoms with Crippen LogP contribution in [-0.2, 0) is 4.84 Å². The lowest BCUT2D eigenvalue weighted by molar-refractivity contribution is -0.0149. The van der Waals surface area contributed by atoms with Crippen molar-refractivity contribution >= 4 is 51.5 Å². The van der Waals surface area contributed by atoms with Gasteiger partial charge in [0, 0.05) is 3.57 Å². The summed E-state index contributed by atoms with van der Waals surface area (Å²) in [6, 6.07) is 9.07. The number of benzene rings is 2. The van der Waals surface area contributed by atoms with Gasteiger partial charge in [-0.15, -0.1) is 0 Å². The molecule has 8 heteroatoms. The van der Waals surface area contributed by atoms with E-state index in [1.807, 2.05) is 13.0 Å². The standard InChI is InChI=1S/C18H19ClFIN2O3/c1-2-3-13(24)10-26-23-18(25)14-6-4-11(20)8-17(14)22-16-7-5-12(21)9-15(16)19/h4-9,13,22,24H,2-3,10H2,1H3,(H,23,25). The number of amides is 1. The van der Waals surface area contributed by atoms with Gasteiger partial charge in [0.25, 0.3) is 5.91 Å². The number of rotatable bonds is 8. The highest BCUT2D eigenvalue weighted by atomic mass is 127. The summed E-state index contributed by atoms with van der Waals surface area (Å²) in [5, 5.41) is 13.0. The van der Waals surface area contributed by atoms with Crippen molar-refractivity contribution < 1.29 is 19.1 Å². The van der Waals surface area contributed by atoms with Crippen LogP contribution in [-0.4, -0.2) is 23.7 Å². The van der Waals surface area contributed by atoms with Gasteiger partial charge >= 0.3 is 0 Å². The Morgan fingerprint density at radius 1 is 1.31 bits per heavy atom. The molecule has 0 aromatic heterocycles. The number of hydrogen-bond acceptors (Lipinski definition) is 4. The molecule has 3 N–H and O–H groups in total. The van der Waals surface area contributed by atoms with Crippen molar-refractivity contribution in [2.45, 2.75) is 25.9 Å². The molecule has 0 radical (unpaired) electrons. The van der Waals surface area contributed by atoms with E-state index in [2.05, 4.69) is 33.4 Å². The van der Waals surface area contributed by atoms with Gasteiger partial charge in [-0.1, -0.05) is 24.9 Å². The Balaban J connectivity index is 2.12. The van der Waals surface area contributed by atoms with Gasteiger partial charge in [0.15, 0.2) is 0 Å². The Kier molecular flexibility index (Phi) is 8.08. The number of halogens is 3. The Morgan fingerprint density at radius 2 is 2.08 bits per heavy atom. The zero-order valence-electron chi connectivity index (χ0n) is 14.1. The quantitative estimate of drug-likeness (QED) is 0.371. The summed E-state index contributed by atoms with van der Waals surface area (Å²) in [5.74, 6) is -1.05. The van der Waals surface area contributed by atoms with Crippen molar-refractivity contribution in [3.05, 3.63) is 56.4 Å². The lowest BCUT2D eigenvalue weighted by Crippen LogP contribution is -2.28. The molecule has 1 amide bonds. The molecule has 0 saturated heterocycles. The summed E-state index contributed by atoms with van der Waals surface area (Å²) in [4.78, 5) is 17.4. The highest BCUT2D eigenvalue weighted by Gasteiger charge is 2.15. The fourth-order valence-corrected chi connectivity index (χ4v) is 3.13. The Labute approximate surface area is 170 Å². The van der Waals surface area contributed by atoms with Gasteiger partial charge in [-0.2, -0.15) is 0 Å². The minimum atomic E-state index is -0.656. The number of carbonyl (C=O) groups is 1. The second-order valence-corrected chi connectivity index (χ2v) is 7.28. The Bertz CT molecular complexity index is 776. The third-order valence-corrected chi connectivity index (χ3v) is 4.47. The molecule has 26 heavy (non-hydrogen) atoms. The van der Waals surface area contributed by atoms with E-state index in [1.165, 1.54) is 18.2 Å². The summed E-state index contributed by atoms with van der Waals surface area (Å²) in [5.41, 5.74) is 3.25. The lowest BCUT2D eigenvalue weighted by Gasteiger charge is -2.14. The van der Waals surface area contributed by atoms with Gasteiger partial charge in [-0.05, 0) is 65.4 Å². The van der Waals surface area contributed by atoms with Crippen LogP contribution in [0.15, 0.2) is 36.4 Å². The van der Waals surface area contributed by atoms with E-state index in [-0.39, 0.29) is 17.9 Å². The number of hydrogen-bond donors (Lipinski definition) is 3. The number of aliphatic hydroxyl groups is 1. The molecule has 0 fully saturated rings. The third-order valence-electron chi connectivity index (χ3n) is 3.49. The molecule has 2 rings (SSSR count). The first-order chi connectivity index (χ1) is 12.4. The molecule has 1 atom stereocenters. The van der Waals surface area contributed by atoms with E-state index < -0.39 is 17.8 Å². The molecule has 0 saturated carbocycles. The fraction of sp³-hybridized carbons (Fsp3) is 0.278. The SMILES string of the molecule is CCCC(O)CONC(=O)c1ccc(F)cc1Nc1ccc(I)cc1Cl. The maximum Gasteiger partial charge on any atom is 0.276 e. The highest BCUT2D eigenvalue weighted by Crippen LogP contribution is 2.29. The largest absolute Gasteiger partial charge is 0.391 e. The van der Waals surface area contributed by atoms with Gasteiger partial charge in [-0.25, -0.2) is 9.87 Å². The van der Waals surface area contributed by atoms with Gasteiger partial charge in [0.1, 0.15) is 12.4 Å². The van der Waals surface area contributed by atoms with Crippen LogP contribution in [0, 0.1) is 9.39 Å².